The number of hydrogen-bond acceptors (Lipinski definition) is 1. The number of pyridine rings is 1. The Morgan fingerprint density at radius 1 is 0.781 bits per heavy atom. The first kappa shape index (κ1) is 19.8. The van der Waals surface area contributed by atoms with E-state index in [1.54, 1.807) is 0 Å². The van der Waals surface area contributed by atoms with Gasteiger partial charge >= 0.3 is 0 Å². The average molecular weight is 435 g/mol. The molecule has 0 saturated heterocycles. The molecule has 2 heteroatoms. The molecule has 0 amide bonds. The summed E-state index contributed by atoms with van der Waals surface area (Å²) >= 11 is 1.95. The van der Waals surface area contributed by atoms with Gasteiger partial charge in [0.2, 0.25) is 5.69 Å². The van der Waals surface area contributed by atoms with Crippen molar-refractivity contribution in [2.75, 3.05) is 0 Å². The molecule has 158 valence electrons. The third-order valence-corrected chi connectivity index (χ3v) is 8.45. The van der Waals surface area contributed by atoms with E-state index in [9.17, 15) is 0 Å². The zero-order chi connectivity index (χ0) is 22.4. The molecule has 0 radical (unpaired) electrons. The minimum absolute atomic E-state index is 0.131. The van der Waals surface area contributed by atoms with Gasteiger partial charge in [-0.15, -0.1) is 0 Å². The fraction of sp³-hybridized carbons (Fsp3) is 0.233. The van der Waals surface area contributed by atoms with Gasteiger partial charge < -0.3 is 0 Å². The summed E-state index contributed by atoms with van der Waals surface area (Å²) in [5.41, 5.74) is 7.03. The van der Waals surface area contributed by atoms with Crippen molar-refractivity contribution in [1.82, 2.24) is 0 Å². The van der Waals surface area contributed by atoms with E-state index in [-0.39, 0.29) is 5.41 Å². The van der Waals surface area contributed by atoms with Crippen molar-refractivity contribution in [3.63, 3.8) is 0 Å². The maximum absolute atomic E-state index is 2.41. The van der Waals surface area contributed by atoms with Crippen LogP contribution in [0.3, 0.4) is 0 Å². The Hall–Kier alpha value is -2.84. The molecule has 6 rings (SSSR count). The van der Waals surface area contributed by atoms with Crippen LogP contribution in [0, 0.1) is 13.8 Å². The molecule has 1 aliphatic rings. The largest absolute Gasteiger partial charge is 0.222 e. The van der Waals surface area contributed by atoms with Gasteiger partial charge in [0, 0.05) is 21.2 Å². The van der Waals surface area contributed by atoms with E-state index in [1.807, 2.05) is 11.8 Å². The zero-order valence-corrected chi connectivity index (χ0v) is 20.4. The predicted molar refractivity (Wildman–Crippen MR) is 138 cm³/mol. The van der Waals surface area contributed by atoms with E-state index in [4.69, 9.17) is 0 Å². The highest BCUT2D eigenvalue weighted by Gasteiger charge is 2.31. The first-order valence-electron chi connectivity index (χ1n) is 11.4. The van der Waals surface area contributed by atoms with Gasteiger partial charge in [0.05, 0.1) is 10.9 Å². The van der Waals surface area contributed by atoms with Crippen LogP contribution in [0.25, 0.3) is 43.6 Å². The smallest absolute Gasteiger partial charge is 0.200 e. The molecule has 0 aliphatic carbocycles. The van der Waals surface area contributed by atoms with E-state index in [0.29, 0.717) is 0 Å². The monoisotopic (exact) mass is 434 g/mol. The summed E-state index contributed by atoms with van der Waals surface area (Å²) in [6, 6.07) is 20.6. The van der Waals surface area contributed by atoms with Gasteiger partial charge in [-0.25, -0.2) is 4.57 Å². The Balaban J connectivity index is 1.80. The van der Waals surface area contributed by atoms with Crippen LogP contribution in [0.1, 0.15) is 37.5 Å². The van der Waals surface area contributed by atoms with Crippen LogP contribution in [0.5, 0.6) is 0 Å². The molecular weight excluding hydrogens is 406 g/mol. The van der Waals surface area contributed by atoms with Gasteiger partial charge in [0.15, 0.2) is 6.20 Å². The summed E-state index contributed by atoms with van der Waals surface area (Å²) in [6.45, 7) is 11.5. The van der Waals surface area contributed by atoms with Gasteiger partial charge in [-0.1, -0.05) is 68.9 Å². The van der Waals surface area contributed by atoms with E-state index in [0.717, 1.165) is 0 Å². The van der Waals surface area contributed by atoms with Crippen LogP contribution in [0.4, 0.5) is 0 Å². The minimum atomic E-state index is 0.131. The van der Waals surface area contributed by atoms with Crippen LogP contribution < -0.4 is 4.57 Å². The molecule has 1 aliphatic heterocycles. The summed E-state index contributed by atoms with van der Waals surface area (Å²) in [5.74, 6) is 0. The van der Waals surface area contributed by atoms with E-state index in [1.165, 1.54) is 70.1 Å². The molecule has 4 aromatic carbocycles. The zero-order valence-electron chi connectivity index (χ0n) is 19.6. The van der Waals surface area contributed by atoms with Crippen molar-refractivity contribution in [3.05, 3.63) is 77.5 Å². The lowest BCUT2D eigenvalue weighted by Crippen LogP contribution is -2.32. The topological polar surface area (TPSA) is 3.88 Å². The highest BCUT2D eigenvalue weighted by Crippen LogP contribution is 2.52. The lowest BCUT2D eigenvalue weighted by Gasteiger charge is -2.25. The molecular formula is C30H28NS+. The summed E-state index contributed by atoms with van der Waals surface area (Å²) in [6.07, 6.45) is 2.24. The highest BCUT2D eigenvalue weighted by atomic mass is 32.2. The number of aromatic nitrogens is 1. The number of benzene rings is 4. The summed E-state index contributed by atoms with van der Waals surface area (Å²) in [7, 11) is 2.19. The van der Waals surface area contributed by atoms with Gasteiger partial charge in [-0.05, 0) is 69.6 Å². The quantitative estimate of drug-likeness (QED) is 0.173. The Morgan fingerprint density at radius 3 is 2.22 bits per heavy atom. The molecule has 0 atom stereocenters. The maximum atomic E-state index is 2.41. The molecule has 1 nitrogen and oxygen atoms in total. The van der Waals surface area contributed by atoms with Crippen molar-refractivity contribution in [2.45, 2.75) is 49.8 Å². The molecule has 0 spiro atoms. The molecule has 0 saturated carbocycles. The molecule has 0 fully saturated rings. The first-order valence-corrected chi connectivity index (χ1v) is 12.2. The fourth-order valence-corrected chi connectivity index (χ4v) is 6.70. The Bertz CT molecular complexity index is 1600. The van der Waals surface area contributed by atoms with E-state index >= 15 is 0 Å². The van der Waals surface area contributed by atoms with Gasteiger partial charge in [-0.2, -0.15) is 0 Å². The fourth-order valence-electron chi connectivity index (χ4n) is 5.37. The average Bonchev–Trinajstić information content (AvgIpc) is 2.77. The highest BCUT2D eigenvalue weighted by molar-refractivity contribution is 8.00. The van der Waals surface area contributed by atoms with Crippen molar-refractivity contribution >= 4 is 44.1 Å². The van der Waals surface area contributed by atoms with E-state index in [2.05, 4.69) is 107 Å². The second kappa shape index (κ2) is 6.59. The molecule has 32 heavy (non-hydrogen) atoms. The van der Waals surface area contributed by atoms with Crippen LogP contribution in [0.15, 0.2) is 70.6 Å². The summed E-state index contributed by atoms with van der Waals surface area (Å²) in [4.78, 5) is 2.77. The molecule has 5 aromatic rings. The van der Waals surface area contributed by atoms with Crippen LogP contribution >= 0.6 is 11.8 Å². The normalized spacial score (nSPS) is 13.2. The number of aryl methyl sites for hydroxylation is 3. The molecule has 2 heterocycles. The second-order valence-corrected chi connectivity index (χ2v) is 11.3. The molecule has 0 unspecified atom stereocenters. The molecule has 0 N–H and O–H groups in total. The standard InChI is InChI=1S/C30H28NS/c1-17-21-9-7-8-10-22(21)18(2)29-26(17)28-27-23(13-14-31(28)6)24-16-20(30(3,4)5)12-11-19(24)15-25(27)32-29/h7-16H,1-6H3/q+1. The summed E-state index contributed by atoms with van der Waals surface area (Å²) < 4.78 is 2.32. The Labute approximate surface area is 194 Å². The maximum Gasteiger partial charge on any atom is 0.222 e. The van der Waals surface area contributed by atoms with Crippen molar-refractivity contribution in [1.29, 1.82) is 0 Å². The van der Waals surface area contributed by atoms with Crippen LogP contribution in [-0.4, -0.2) is 0 Å². The number of nitrogens with zero attached hydrogens (tertiary/aromatic N) is 1. The van der Waals surface area contributed by atoms with Crippen LogP contribution in [-0.2, 0) is 12.5 Å². The minimum Gasteiger partial charge on any atom is -0.200 e. The van der Waals surface area contributed by atoms with Crippen molar-refractivity contribution < 1.29 is 4.57 Å². The van der Waals surface area contributed by atoms with Crippen molar-refractivity contribution in [2.24, 2.45) is 7.05 Å². The van der Waals surface area contributed by atoms with E-state index < -0.39 is 0 Å². The Morgan fingerprint density at radius 2 is 1.50 bits per heavy atom. The third-order valence-electron chi connectivity index (χ3n) is 7.19. The number of fused-ring (bicyclic) bond motifs is 5. The first-order chi connectivity index (χ1) is 15.3. The lowest BCUT2D eigenvalue weighted by atomic mass is 9.85. The second-order valence-electron chi connectivity index (χ2n) is 10.2. The number of rotatable bonds is 0. The lowest BCUT2D eigenvalue weighted by molar-refractivity contribution is -0.659. The van der Waals surface area contributed by atoms with Gasteiger partial charge in [0.1, 0.15) is 7.05 Å². The third kappa shape index (κ3) is 2.62. The number of hydrogen-bond donors (Lipinski definition) is 0. The van der Waals surface area contributed by atoms with Gasteiger partial charge in [0.25, 0.3) is 0 Å². The molecule has 1 aromatic heterocycles. The molecule has 0 bridgehead atoms. The Kier molecular flexibility index (Phi) is 4.08. The summed E-state index contributed by atoms with van der Waals surface area (Å²) in [5, 5.41) is 8.17. The SMILES string of the molecule is Cc1c2c(c(C)c3ccccc13)-c1c3c(cc4ccc(C(C)(C)C)cc4c3cc[n+]1C)S2. The predicted octanol–water partition coefficient (Wildman–Crippen LogP) is 8.02. The van der Waals surface area contributed by atoms with Crippen molar-refractivity contribution in [3.8, 4) is 11.3 Å². The van der Waals surface area contributed by atoms with Crippen LogP contribution in [0.2, 0.25) is 0 Å². The van der Waals surface area contributed by atoms with Gasteiger partial charge in [-0.3, -0.25) is 0 Å².